The zero-order valence-electron chi connectivity index (χ0n) is 17.6. The van der Waals surface area contributed by atoms with Crippen LogP contribution in [0.15, 0.2) is 83.9 Å². The number of amidine groups is 1. The van der Waals surface area contributed by atoms with Crippen molar-refractivity contribution in [1.82, 2.24) is 0 Å². The largest absolute Gasteiger partial charge is 0.454 e. The average Bonchev–Trinajstić information content (AvgIpc) is 3.42. The van der Waals surface area contributed by atoms with Crippen molar-refractivity contribution in [3.05, 3.63) is 84.4 Å². The van der Waals surface area contributed by atoms with Crippen molar-refractivity contribution >= 4 is 40.1 Å². The van der Waals surface area contributed by atoms with Gasteiger partial charge in [-0.15, -0.1) is 0 Å². The number of anilines is 2. The third-order valence-electron chi connectivity index (χ3n) is 5.24. The fraction of sp³-hybridized carbons (Fsp3) is 0.160. The highest BCUT2D eigenvalue weighted by Crippen LogP contribution is 2.33. The van der Waals surface area contributed by atoms with Gasteiger partial charge in [0, 0.05) is 12.1 Å². The summed E-state index contributed by atoms with van der Waals surface area (Å²) in [5, 5.41) is 3.31. The van der Waals surface area contributed by atoms with Crippen molar-refractivity contribution in [1.29, 1.82) is 0 Å². The van der Waals surface area contributed by atoms with Gasteiger partial charge in [-0.3, -0.25) is 14.6 Å². The van der Waals surface area contributed by atoms with Crippen LogP contribution in [-0.2, 0) is 16.1 Å². The first kappa shape index (κ1) is 21.1. The van der Waals surface area contributed by atoms with E-state index in [1.54, 1.807) is 12.1 Å². The second-order valence-corrected chi connectivity index (χ2v) is 8.71. The number of imide groups is 1. The maximum absolute atomic E-state index is 13.1. The highest BCUT2D eigenvalue weighted by Gasteiger charge is 2.40. The summed E-state index contributed by atoms with van der Waals surface area (Å²) in [6.45, 7) is 0.602. The molecule has 0 bridgehead atoms. The molecule has 7 nitrogen and oxygen atoms in total. The monoisotopic (exact) mass is 459 g/mol. The Bertz CT molecular complexity index is 1200. The summed E-state index contributed by atoms with van der Waals surface area (Å²) >= 11 is 1.27. The van der Waals surface area contributed by atoms with E-state index < -0.39 is 5.25 Å². The number of hydrogen-bond donors (Lipinski definition) is 1. The lowest BCUT2D eigenvalue weighted by molar-refractivity contribution is -0.121. The molecule has 1 N–H and O–H groups in total. The summed E-state index contributed by atoms with van der Waals surface area (Å²) in [5.74, 6) is 0.971. The Morgan fingerprint density at radius 3 is 2.48 bits per heavy atom. The van der Waals surface area contributed by atoms with Crippen LogP contribution in [0.3, 0.4) is 0 Å². The van der Waals surface area contributed by atoms with Crippen molar-refractivity contribution in [2.45, 2.75) is 18.2 Å². The summed E-state index contributed by atoms with van der Waals surface area (Å²) in [7, 11) is 0. The number of fused-ring (bicyclic) bond motifs is 1. The van der Waals surface area contributed by atoms with Gasteiger partial charge >= 0.3 is 0 Å². The highest BCUT2D eigenvalue weighted by atomic mass is 32.2. The Kier molecular flexibility index (Phi) is 5.99. The van der Waals surface area contributed by atoms with E-state index in [0.29, 0.717) is 23.1 Å². The molecule has 3 aromatic rings. The van der Waals surface area contributed by atoms with E-state index in [0.717, 1.165) is 17.0 Å². The van der Waals surface area contributed by atoms with E-state index in [1.807, 2.05) is 66.7 Å². The molecule has 0 unspecified atom stereocenters. The van der Waals surface area contributed by atoms with Crippen LogP contribution in [0.25, 0.3) is 0 Å². The molecule has 1 saturated heterocycles. The lowest BCUT2D eigenvalue weighted by Gasteiger charge is -2.16. The zero-order chi connectivity index (χ0) is 22.6. The van der Waals surface area contributed by atoms with Crippen molar-refractivity contribution in [2.24, 2.45) is 4.99 Å². The van der Waals surface area contributed by atoms with Crippen LogP contribution in [0.2, 0.25) is 0 Å². The Morgan fingerprint density at radius 2 is 1.70 bits per heavy atom. The SMILES string of the molecule is O=C1C[C@@H](SC(=NCc2ccc3c(c2)OCO3)Nc2ccccc2)C(=O)N1c1ccccc1. The normalized spacial score (nSPS) is 17.5. The number of carbonyl (C=O) groups excluding carboxylic acids is 2. The zero-order valence-corrected chi connectivity index (χ0v) is 18.5. The van der Waals surface area contributed by atoms with Gasteiger partial charge in [0.05, 0.1) is 12.2 Å². The van der Waals surface area contributed by atoms with Crippen molar-refractivity contribution in [3.8, 4) is 11.5 Å². The van der Waals surface area contributed by atoms with Gasteiger partial charge in [-0.1, -0.05) is 54.2 Å². The van der Waals surface area contributed by atoms with E-state index in [4.69, 9.17) is 14.5 Å². The molecule has 2 aliphatic heterocycles. The number of rotatable bonds is 5. The van der Waals surface area contributed by atoms with Crippen molar-refractivity contribution in [2.75, 3.05) is 17.0 Å². The number of nitrogens with zero attached hydrogens (tertiary/aromatic N) is 2. The maximum Gasteiger partial charge on any atom is 0.247 e. The lowest BCUT2D eigenvalue weighted by Crippen LogP contribution is -2.31. The molecule has 0 saturated carbocycles. The number of hydrogen-bond acceptors (Lipinski definition) is 6. The van der Waals surface area contributed by atoms with Gasteiger partial charge in [-0.25, -0.2) is 4.90 Å². The number of ether oxygens (including phenoxy) is 2. The van der Waals surface area contributed by atoms with E-state index in [-0.39, 0.29) is 25.0 Å². The van der Waals surface area contributed by atoms with Gasteiger partial charge in [0.15, 0.2) is 16.7 Å². The average molecular weight is 460 g/mol. The number of nitrogens with one attached hydrogen (secondary N) is 1. The second kappa shape index (κ2) is 9.38. The van der Waals surface area contributed by atoms with Crippen LogP contribution in [0.5, 0.6) is 11.5 Å². The molecule has 33 heavy (non-hydrogen) atoms. The smallest absolute Gasteiger partial charge is 0.247 e. The third-order valence-corrected chi connectivity index (χ3v) is 6.35. The van der Waals surface area contributed by atoms with Crippen LogP contribution in [0.1, 0.15) is 12.0 Å². The third kappa shape index (κ3) is 4.70. The van der Waals surface area contributed by atoms with Crippen LogP contribution in [-0.4, -0.2) is 29.0 Å². The second-order valence-electron chi connectivity index (χ2n) is 7.51. The molecule has 0 radical (unpaired) electrons. The minimum Gasteiger partial charge on any atom is -0.454 e. The molecule has 2 amide bonds. The van der Waals surface area contributed by atoms with E-state index in [2.05, 4.69) is 5.32 Å². The fourth-order valence-corrected chi connectivity index (χ4v) is 4.65. The molecule has 2 heterocycles. The van der Waals surface area contributed by atoms with Crippen LogP contribution < -0.4 is 19.7 Å². The quantitative estimate of drug-likeness (QED) is 0.345. The summed E-state index contributed by atoms with van der Waals surface area (Å²) in [5.41, 5.74) is 2.39. The Labute approximate surface area is 195 Å². The summed E-state index contributed by atoms with van der Waals surface area (Å²) < 4.78 is 10.8. The number of aliphatic imine (C=N–C) groups is 1. The van der Waals surface area contributed by atoms with Gasteiger partial charge in [-0.05, 0) is 42.0 Å². The first-order valence-electron chi connectivity index (χ1n) is 10.5. The van der Waals surface area contributed by atoms with Gasteiger partial charge in [0.2, 0.25) is 18.6 Å². The predicted octanol–water partition coefficient (Wildman–Crippen LogP) is 4.45. The van der Waals surface area contributed by atoms with E-state index >= 15 is 0 Å². The molecule has 3 aromatic carbocycles. The maximum atomic E-state index is 13.1. The summed E-state index contributed by atoms with van der Waals surface area (Å²) in [6.07, 6.45) is 0.123. The lowest BCUT2D eigenvalue weighted by atomic mass is 10.2. The molecule has 0 aromatic heterocycles. The van der Waals surface area contributed by atoms with Gasteiger partial charge in [-0.2, -0.15) is 0 Å². The first-order valence-corrected chi connectivity index (χ1v) is 11.4. The Morgan fingerprint density at radius 1 is 0.970 bits per heavy atom. The molecule has 1 fully saturated rings. The number of thioether (sulfide) groups is 1. The molecule has 0 spiro atoms. The predicted molar refractivity (Wildman–Crippen MR) is 129 cm³/mol. The summed E-state index contributed by atoms with van der Waals surface area (Å²) in [6, 6.07) is 24.3. The molecule has 166 valence electrons. The van der Waals surface area contributed by atoms with Crippen LogP contribution in [0, 0.1) is 0 Å². The van der Waals surface area contributed by atoms with Gasteiger partial charge in [0.1, 0.15) is 5.25 Å². The van der Waals surface area contributed by atoms with Crippen LogP contribution >= 0.6 is 11.8 Å². The van der Waals surface area contributed by atoms with Gasteiger partial charge in [0.25, 0.3) is 0 Å². The van der Waals surface area contributed by atoms with Crippen molar-refractivity contribution in [3.63, 3.8) is 0 Å². The fourth-order valence-electron chi connectivity index (χ4n) is 3.63. The number of carbonyl (C=O) groups is 2. The molecule has 2 aliphatic rings. The molecule has 0 aliphatic carbocycles. The van der Waals surface area contributed by atoms with E-state index in [9.17, 15) is 9.59 Å². The summed E-state index contributed by atoms with van der Waals surface area (Å²) in [4.78, 5) is 31.7. The Hall–Kier alpha value is -3.78. The van der Waals surface area contributed by atoms with Gasteiger partial charge < -0.3 is 14.8 Å². The van der Waals surface area contributed by atoms with Crippen LogP contribution in [0.4, 0.5) is 11.4 Å². The minimum atomic E-state index is -0.551. The molecule has 1 atom stereocenters. The van der Waals surface area contributed by atoms with Crippen molar-refractivity contribution < 1.29 is 19.1 Å². The number of amides is 2. The number of benzene rings is 3. The van der Waals surface area contributed by atoms with E-state index in [1.165, 1.54) is 16.7 Å². The molecular formula is C25H21N3O4S. The molecule has 8 heteroatoms. The standard InChI is InChI=1S/C25H21N3O4S/c29-23-14-22(24(30)28(23)19-9-5-2-6-10-19)33-25(27-18-7-3-1-4-8-18)26-15-17-11-12-20-21(13-17)32-16-31-20/h1-13,22H,14-16H2,(H,26,27)/t22-/m1/s1. The highest BCUT2D eigenvalue weighted by molar-refractivity contribution is 8.15. The molecule has 5 rings (SSSR count). The molecular weight excluding hydrogens is 438 g/mol. The number of para-hydroxylation sites is 2. The first-order chi connectivity index (χ1) is 16.2. The Balaban J connectivity index is 1.36. The topological polar surface area (TPSA) is 80.2 Å². The minimum absolute atomic E-state index is 0.123.